The first-order valence-corrected chi connectivity index (χ1v) is 15.0. The van der Waals surface area contributed by atoms with Crippen LogP contribution in [0.15, 0.2) is 78.9 Å². The summed E-state index contributed by atoms with van der Waals surface area (Å²) in [5.41, 5.74) is 6.19. The molecule has 216 valence electrons. The molecule has 7 heteroatoms. The van der Waals surface area contributed by atoms with Crippen LogP contribution >= 0.6 is 0 Å². The molecule has 1 fully saturated rings. The molecule has 1 N–H and O–H groups in total. The standard InChI is InChI=1S/C34H41N3O4/c38-33(28-14-4-3-5-15-28)31-19-12-16-27-13-6-8-18-30(27)37(31)35-34(39)29-17-7-9-20-32(29)41-24-11-2-1-10-21-36-22-25-40-26-23-36/h3-9,13-15,17-18,20,31H,1-2,10-12,16,19,21-26H2,(H,35,39). The Balaban J connectivity index is 1.22. The third kappa shape index (κ3) is 7.75. The van der Waals surface area contributed by atoms with Crippen LogP contribution in [0.1, 0.15) is 64.8 Å². The number of nitrogens with one attached hydrogen (secondary N) is 1. The number of unbranched alkanes of at least 4 members (excludes halogenated alkanes) is 3. The van der Waals surface area contributed by atoms with Gasteiger partial charge in [0, 0.05) is 18.7 Å². The summed E-state index contributed by atoms with van der Waals surface area (Å²) in [5.74, 6) is 0.279. The van der Waals surface area contributed by atoms with E-state index in [1.807, 2.05) is 66.7 Å². The number of ketones is 1. The van der Waals surface area contributed by atoms with E-state index in [4.69, 9.17) is 9.47 Å². The number of fused-ring (bicyclic) bond motifs is 1. The first-order chi connectivity index (χ1) is 20.2. The minimum absolute atomic E-state index is 0.000702. The van der Waals surface area contributed by atoms with Crippen molar-refractivity contribution in [2.45, 2.75) is 51.0 Å². The molecule has 0 aromatic heterocycles. The summed E-state index contributed by atoms with van der Waals surface area (Å²) >= 11 is 0. The molecule has 0 bridgehead atoms. The Hall–Kier alpha value is -3.68. The van der Waals surface area contributed by atoms with E-state index in [2.05, 4.69) is 16.4 Å². The van der Waals surface area contributed by atoms with Crippen molar-refractivity contribution in [1.82, 2.24) is 10.3 Å². The summed E-state index contributed by atoms with van der Waals surface area (Å²) in [6.45, 7) is 5.44. The van der Waals surface area contributed by atoms with Crippen molar-refractivity contribution in [3.8, 4) is 5.75 Å². The van der Waals surface area contributed by atoms with Crippen molar-refractivity contribution in [3.63, 3.8) is 0 Å². The van der Waals surface area contributed by atoms with Crippen LogP contribution in [-0.4, -0.2) is 62.1 Å². The number of anilines is 1. The highest BCUT2D eigenvalue weighted by Crippen LogP contribution is 2.30. The highest BCUT2D eigenvalue weighted by Gasteiger charge is 2.32. The molecule has 3 aromatic rings. The summed E-state index contributed by atoms with van der Waals surface area (Å²) in [6.07, 6.45) is 6.73. The highest BCUT2D eigenvalue weighted by atomic mass is 16.5. The fourth-order valence-electron chi connectivity index (χ4n) is 5.67. The molecule has 0 saturated carbocycles. The average molecular weight is 556 g/mol. The van der Waals surface area contributed by atoms with Crippen molar-refractivity contribution in [2.75, 3.05) is 44.5 Å². The monoisotopic (exact) mass is 555 g/mol. The van der Waals surface area contributed by atoms with E-state index >= 15 is 0 Å². The third-order valence-electron chi connectivity index (χ3n) is 7.93. The number of hydrogen-bond donors (Lipinski definition) is 1. The molecule has 3 aromatic carbocycles. The molecule has 41 heavy (non-hydrogen) atoms. The van der Waals surface area contributed by atoms with E-state index in [0.29, 0.717) is 29.9 Å². The summed E-state index contributed by atoms with van der Waals surface area (Å²) in [7, 11) is 0. The van der Waals surface area contributed by atoms with Gasteiger partial charge in [-0.1, -0.05) is 73.5 Å². The number of amides is 1. The van der Waals surface area contributed by atoms with Gasteiger partial charge in [0.15, 0.2) is 5.78 Å². The highest BCUT2D eigenvalue weighted by molar-refractivity contribution is 6.04. The predicted octanol–water partition coefficient (Wildman–Crippen LogP) is 5.70. The van der Waals surface area contributed by atoms with Crippen LogP contribution in [0.4, 0.5) is 5.69 Å². The van der Waals surface area contributed by atoms with Crippen molar-refractivity contribution in [3.05, 3.63) is 95.6 Å². The molecular weight excluding hydrogens is 514 g/mol. The lowest BCUT2D eigenvalue weighted by atomic mass is 9.99. The van der Waals surface area contributed by atoms with Gasteiger partial charge in [-0.2, -0.15) is 0 Å². The van der Waals surface area contributed by atoms with Crippen LogP contribution in [0, 0.1) is 0 Å². The summed E-state index contributed by atoms with van der Waals surface area (Å²) in [6, 6.07) is 24.2. The Kier molecular flexibility index (Phi) is 10.4. The first-order valence-electron chi connectivity index (χ1n) is 15.0. The second-order valence-electron chi connectivity index (χ2n) is 10.8. The van der Waals surface area contributed by atoms with Crippen molar-refractivity contribution < 1.29 is 19.1 Å². The van der Waals surface area contributed by atoms with Crippen molar-refractivity contribution in [1.29, 1.82) is 0 Å². The van der Waals surface area contributed by atoms with E-state index < -0.39 is 6.04 Å². The number of benzene rings is 3. The number of carbonyl (C=O) groups excluding carboxylic acids is 2. The van der Waals surface area contributed by atoms with Crippen LogP contribution in [0.2, 0.25) is 0 Å². The van der Waals surface area contributed by atoms with Crippen LogP contribution in [0.25, 0.3) is 0 Å². The Bertz CT molecular complexity index is 1280. The number of hydrogen-bond acceptors (Lipinski definition) is 6. The molecular formula is C34H41N3O4. The number of rotatable bonds is 12. The molecule has 2 heterocycles. The zero-order valence-electron chi connectivity index (χ0n) is 23.8. The van der Waals surface area contributed by atoms with Gasteiger partial charge in [0.2, 0.25) is 0 Å². The van der Waals surface area contributed by atoms with Crippen LogP contribution < -0.4 is 15.2 Å². The van der Waals surface area contributed by atoms with Crippen molar-refractivity contribution in [2.24, 2.45) is 0 Å². The summed E-state index contributed by atoms with van der Waals surface area (Å²) in [5, 5.41) is 1.78. The second-order valence-corrected chi connectivity index (χ2v) is 10.8. The Labute approximate surface area is 243 Å². The number of aryl methyl sites for hydroxylation is 1. The molecule has 1 atom stereocenters. The Morgan fingerprint density at radius 3 is 2.44 bits per heavy atom. The summed E-state index contributed by atoms with van der Waals surface area (Å²) < 4.78 is 11.5. The zero-order chi connectivity index (χ0) is 28.3. The quantitative estimate of drug-likeness (QED) is 0.229. The maximum absolute atomic E-state index is 13.7. The number of hydrazine groups is 1. The fourth-order valence-corrected chi connectivity index (χ4v) is 5.67. The van der Waals surface area contributed by atoms with Gasteiger partial charge in [-0.25, -0.2) is 0 Å². The van der Waals surface area contributed by atoms with E-state index in [-0.39, 0.29) is 11.7 Å². The topological polar surface area (TPSA) is 71.1 Å². The number of morpholine rings is 1. The molecule has 5 rings (SSSR count). The molecule has 2 aliphatic rings. The lowest BCUT2D eigenvalue weighted by Crippen LogP contribution is -2.52. The molecule has 0 aliphatic carbocycles. The van der Waals surface area contributed by atoms with Crippen LogP contribution in [0.5, 0.6) is 5.75 Å². The number of para-hydroxylation sites is 2. The van der Waals surface area contributed by atoms with Gasteiger partial charge in [0.25, 0.3) is 5.91 Å². The second kappa shape index (κ2) is 14.8. The number of ether oxygens (including phenoxy) is 2. The first kappa shape index (κ1) is 28.8. The molecule has 0 radical (unpaired) electrons. The smallest absolute Gasteiger partial charge is 0.273 e. The van der Waals surface area contributed by atoms with Crippen LogP contribution in [0.3, 0.4) is 0 Å². The average Bonchev–Trinajstić information content (AvgIpc) is 3.20. The SMILES string of the molecule is O=C(NN1c2ccccc2CCCC1C(=O)c1ccccc1)c1ccccc1OCCCCCCN1CCOCC1. The van der Waals surface area contributed by atoms with Gasteiger partial charge in [-0.05, 0) is 62.4 Å². The Morgan fingerprint density at radius 2 is 1.59 bits per heavy atom. The van der Waals surface area contributed by atoms with E-state index in [0.717, 1.165) is 76.2 Å². The molecule has 0 spiro atoms. The third-order valence-corrected chi connectivity index (χ3v) is 7.93. The number of Topliss-reactive ketones (excluding diaryl/α,β-unsaturated/α-hetero) is 1. The predicted molar refractivity (Wildman–Crippen MR) is 162 cm³/mol. The molecule has 1 amide bonds. The van der Waals surface area contributed by atoms with E-state index in [9.17, 15) is 9.59 Å². The van der Waals surface area contributed by atoms with Gasteiger partial charge in [-0.15, -0.1) is 0 Å². The Morgan fingerprint density at radius 1 is 0.854 bits per heavy atom. The molecule has 2 aliphatic heterocycles. The van der Waals surface area contributed by atoms with Gasteiger partial charge in [0.1, 0.15) is 11.8 Å². The largest absolute Gasteiger partial charge is 0.493 e. The van der Waals surface area contributed by atoms with E-state index in [1.54, 1.807) is 11.1 Å². The van der Waals surface area contributed by atoms with Gasteiger partial charge in [-0.3, -0.25) is 24.9 Å². The van der Waals surface area contributed by atoms with Gasteiger partial charge in [0.05, 0.1) is 31.1 Å². The van der Waals surface area contributed by atoms with E-state index in [1.165, 1.54) is 6.42 Å². The lowest BCUT2D eigenvalue weighted by molar-refractivity contribution is 0.0371. The number of carbonyl (C=O) groups is 2. The maximum Gasteiger partial charge on any atom is 0.273 e. The summed E-state index contributed by atoms with van der Waals surface area (Å²) in [4.78, 5) is 29.9. The minimum Gasteiger partial charge on any atom is -0.493 e. The maximum atomic E-state index is 13.7. The zero-order valence-corrected chi connectivity index (χ0v) is 23.8. The number of nitrogens with zero attached hydrogens (tertiary/aromatic N) is 2. The van der Waals surface area contributed by atoms with Crippen LogP contribution in [-0.2, 0) is 11.2 Å². The lowest BCUT2D eigenvalue weighted by Gasteiger charge is -2.32. The molecule has 1 unspecified atom stereocenters. The molecule has 1 saturated heterocycles. The normalized spacial score (nSPS) is 17.4. The van der Waals surface area contributed by atoms with Gasteiger partial charge >= 0.3 is 0 Å². The minimum atomic E-state index is -0.504. The van der Waals surface area contributed by atoms with Gasteiger partial charge < -0.3 is 9.47 Å². The molecule has 7 nitrogen and oxygen atoms in total. The fraction of sp³-hybridized carbons (Fsp3) is 0.412. The van der Waals surface area contributed by atoms with Crippen molar-refractivity contribution >= 4 is 17.4 Å².